The topological polar surface area (TPSA) is 212 Å². The molecule has 59 heavy (non-hydrogen) atoms. The quantitative estimate of drug-likeness (QED) is 0.0471. The Morgan fingerprint density at radius 3 is 1.71 bits per heavy atom. The summed E-state index contributed by atoms with van der Waals surface area (Å²) in [6.07, 6.45) is 2.86. The van der Waals surface area contributed by atoms with Gasteiger partial charge in [0.2, 0.25) is 5.91 Å². The van der Waals surface area contributed by atoms with Crippen molar-refractivity contribution in [3.8, 4) is 11.5 Å². The van der Waals surface area contributed by atoms with Gasteiger partial charge in [0.25, 0.3) is 17.7 Å². The van der Waals surface area contributed by atoms with Crippen LogP contribution in [-0.4, -0.2) is 112 Å². The first-order chi connectivity index (χ1) is 28.1. The van der Waals surface area contributed by atoms with Crippen LogP contribution in [0.4, 0.5) is 11.4 Å². The van der Waals surface area contributed by atoms with Crippen molar-refractivity contribution in [3.05, 3.63) is 92.6 Å². The van der Waals surface area contributed by atoms with Gasteiger partial charge < -0.3 is 51.2 Å². The Hall–Kier alpha value is -6.19. The van der Waals surface area contributed by atoms with Gasteiger partial charge in [0.1, 0.15) is 11.5 Å². The SMILES string of the molecule is CCN(CC)CCNC(=O)c1c(C)[nH]c(/C=C2\C(=O)Nc3ccc(O)cc32)c1C.CCN(CC)CCNC(=O)c1c(C)[nH]c(C=O)c1C.O=C1Cc2cc(O)ccc2N1. The fraction of sp³-hybridized carbons (Fsp3) is 0.386. The molecule has 15 nitrogen and oxygen atoms in total. The Bertz CT molecular complexity index is 2190. The molecule has 0 radical (unpaired) electrons. The molecule has 2 aromatic heterocycles. The van der Waals surface area contributed by atoms with Crippen LogP contribution in [0.3, 0.4) is 0 Å². The van der Waals surface area contributed by atoms with Crippen molar-refractivity contribution in [1.82, 2.24) is 30.4 Å². The number of nitrogens with zero attached hydrogens (tertiary/aromatic N) is 2. The summed E-state index contributed by atoms with van der Waals surface area (Å²) in [5.74, 6) is -0.180. The second-order valence-corrected chi connectivity index (χ2v) is 14.3. The van der Waals surface area contributed by atoms with Gasteiger partial charge >= 0.3 is 0 Å². The molecule has 2 aliphatic heterocycles. The second-order valence-electron chi connectivity index (χ2n) is 14.3. The van der Waals surface area contributed by atoms with Crippen LogP contribution >= 0.6 is 0 Å². The van der Waals surface area contributed by atoms with E-state index in [-0.39, 0.29) is 35.1 Å². The van der Waals surface area contributed by atoms with Crippen molar-refractivity contribution in [2.45, 2.75) is 61.8 Å². The molecule has 0 bridgehead atoms. The standard InChI is InChI=1S/C22H28N4O3.C14H23N3O2.C8H7NO2/c1-5-26(6-2)10-9-23-22(29)20-13(3)19(24-14(20)4)12-17-16-11-15(27)7-8-18(16)25-21(17)28;1-5-17(6-2)8-7-15-14(19)13-10(3)12(9-18)16-11(13)4;10-6-1-2-7-5(3-6)4-8(11)9-7/h7-8,11-12,24,27H,5-6,9-10H2,1-4H3,(H,23,29)(H,25,28);9,16H,5-8H2,1-4H3,(H,15,19);1-3,10H,4H2,(H,9,11)/b17-12-;;. The summed E-state index contributed by atoms with van der Waals surface area (Å²) in [6.45, 7) is 22.4. The Morgan fingerprint density at radius 2 is 1.20 bits per heavy atom. The molecule has 15 heteroatoms. The lowest BCUT2D eigenvalue weighted by Gasteiger charge is -2.18. The summed E-state index contributed by atoms with van der Waals surface area (Å²) in [7, 11) is 0. The number of rotatable bonds is 14. The summed E-state index contributed by atoms with van der Waals surface area (Å²) in [5.41, 5.74) is 8.81. The van der Waals surface area contributed by atoms with E-state index in [1.54, 1.807) is 50.3 Å². The molecule has 0 saturated carbocycles. The zero-order valence-corrected chi connectivity index (χ0v) is 35.3. The molecule has 0 aliphatic carbocycles. The number of fused-ring (bicyclic) bond motifs is 2. The normalized spacial score (nSPS) is 13.2. The van der Waals surface area contributed by atoms with Gasteiger partial charge in [-0.1, -0.05) is 27.7 Å². The maximum atomic E-state index is 12.7. The van der Waals surface area contributed by atoms with Gasteiger partial charge in [-0.2, -0.15) is 0 Å². The molecule has 0 fully saturated rings. The lowest BCUT2D eigenvalue weighted by molar-refractivity contribution is -0.115. The number of aryl methyl sites for hydroxylation is 2. The molecule has 4 heterocycles. The van der Waals surface area contributed by atoms with E-state index in [0.717, 1.165) is 73.8 Å². The van der Waals surface area contributed by atoms with Crippen LogP contribution in [0.1, 0.15) is 98.2 Å². The Kier molecular flexibility index (Phi) is 16.2. The summed E-state index contributed by atoms with van der Waals surface area (Å²) in [5, 5.41) is 30.2. The molecule has 0 atom stereocenters. The summed E-state index contributed by atoms with van der Waals surface area (Å²) < 4.78 is 0. The van der Waals surface area contributed by atoms with Crippen LogP contribution in [0, 0.1) is 27.7 Å². The van der Waals surface area contributed by atoms with Gasteiger partial charge in [-0.25, -0.2) is 0 Å². The fourth-order valence-electron chi connectivity index (χ4n) is 7.08. The number of carbonyl (C=O) groups is 5. The highest BCUT2D eigenvalue weighted by atomic mass is 16.3. The van der Waals surface area contributed by atoms with Crippen LogP contribution in [0.15, 0.2) is 36.4 Å². The summed E-state index contributed by atoms with van der Waals surface area (Å²) in [4.78, 5) is 69.5. The zero-order chi connectivity index (χ0) is 43.4. The number of amides is 4. The predicted molar refractivity (Wildman–Crippen MR) is 231 cm³/mol. The van der Waals surface area contributed by atoms with Gasteiger partial charge in [0.15, 0.2) is 6.29 Å². The minimum absolute atomic E-state index is 0.00870. The Labute approximate surface area is 345 Å². The third-order valence-corrected chi connectivity index (χ3v) is 10.5. The van der Waals surface area contributed by atoms with Gasteiger partial charge in [0.05, 0.1) is 28.8 Å². The van der Waals surface area contributed by atoms with Gasteiger partial charge in [-0.15, -0.1) is 0 Å². The molecular formula is C44H58N8O7. The molecule has 316 valence electrons. The molecule has 0 spiro atoms. The maximum absolute atomic E-state index is 12.7. The van der Waals surface area contributed by atoms with Crippen molar-refractivity contribution < 1.29 is 34.2 Å². The largest absolute Gasteiger partial charge is 0.508 e. The van der Waals surface area contributed by atoms with Crippen molar-refractivity contribution >= 4 is 52.9 Å². The minimum atomic E-state index is -0.234. The number of hydrogen-bond donors (Lipinski definition) is 8. The van der Waals surface area contributed by atoms with Gasteiger partial charge in [-0.3, -0.25) is 24.0 Å². The monoisotopic (exact) mass is 810 g/mol. The van der Waals surface area contributed by atoms with Crippen molar-refractivity contribution in [1.29, 1.82) is 0 Å². The van der Waals surface area contributed by atoms with Crippen LogP contribution in [0.25, 0.3) is 11.6 Å². The molecule has 0 saturated heterocycles. The highest BCUT2D eigenvalue weighted by molar-refractivity contribution is 6.35. The molecule has 4 aromatic rings. The van der Waals surface area contributed by atoms with Crippen molar-refractivity contribution in [2.24, 2.45) is 0 Å². The van der Waals surface area contributed by atoms with Crippen molar-refractivity contribution in [3.63, 3.8) is 0 Å². The average molecular weight is 811 g/mol. The van der Waals surface area contributed by atoms with Gasteiger partial charge in [-0.05, 0) is 113 Å². The molecule has 6 rings (SSSR count). The van der Waals surface area contributed by atoms with E-state index in [1.807, 2.05) is 13.8 Å². The van der Waals surface area contributed by atoms with Crippen molar-refractivity contribution in [2.75, 3.05) is 63.0 Å². The van der Waals surface area contributed by atoms with E-state index < -0.39 is 0 Å². The first kappa shape index (κ1) is 45.5. The first-order valence-electron chi connectivity index (χ1n) is 20.0. The highest BCUT2D eigenvalue weighted by Crippen LogP contribution is 2.36. The smallest absolute Gasteiger partial charge is 0.256 e. The third kappa shape index (κ3) is 11.5. The lowest BCUT2D eigenvalue weighted by atomic mass is 10.0. The van der Waals surface area contributed by atoms with E-state index in [1.165, 1.54) is 6.07 Å². The number of phenols is 2. The van der Waals surface area contributed by atoms with E-state index in [9.17, 15) is 29.1 Å². The first-order valence-corrected chi connectivity index (χ1v) is 20.0. The molecule has 2 aromatic carbocycles. The number of aromatic hydroxyl groups is 2. The van der Waals surface area contributed by atoms with Gasteiger partial charge in [0, 0.05) is 60.2 Å². The molecule has 8 N–H and O–H groups in total. The second kappa shape index (κ2) is 21.0. The number of carbonyl (C=O) groups excluding carboxylic acids is 5. The zero-order valence-electron chi connectivity index (χ0n) is 35.3. The number of benzene rings is 2. The number of H-pyrrole nitrogens is 2. The summed E-state index contributed by atoms with van der Waals surface area (Å²) in [6, 6.07) is 9.63. The minimum Gasteiger partial charge on any atom is -0.508 e. The number of aromatic amines is 2. The molecule has 4 amide bonds. The average Bonchev–Trinajstić information content (AvgIpc) is 3.91. The fourth-order valence-corrected chi connectivity index (χ4v) is 7.08. The number of aldehydes is 1. The Morgan fingerprint density at radius 1 is 0.712 bits per heavy atom. The Balaban J connectivity index is 0.000000218. The molecule has 2 aliphatic rings. The number of phenolic OH excluding ortho intramolecular Hbond substituents is 2. The number of aromatic nitrogens is 2. The molecule has 0 unspecified atom stereocenters. The summed E-state index contributed by atoms with van der Waals surface area (Å²) >= 11 is 0. The van der Waals surface area contributed by atoms with E-state index in [2.05, 4.69) is 68.7 Å². The van der Waals surface area contributed by atoms with E-state index in [4.69, 9.17) is 5.11 Å². The van der Waals surface area contributed by atoms with Crippen LogP contribution < -0.4 is 21.3 Å². The third-order valence-electron chi connectivity index (χ3n) is 10.5. The number of hydrogen-bond acceptors (Lipinski definition) is 9. The van der Waals surface area contributed by atoms with E-state index in [0.29, 0.717) is 64.4 Å². The van der Waals surface area contributed by atoms with Crippen LogP contribution in [0.2, 0.25) is 0 Å². The number of anilines is 2. The maximum Gasteiger partial charge on any atom is 0.256 e. The van der Waals surface area contributed by atoms with Crippen LogP contribution in [0.5, 0.6) is 11.5 Å². The number of nitrogens with one attached hydrogen (secondary N) is 6. The lowest BCUT2D eigenvalue weighted by Crippen LogP contribution is -2.35. The molecular weight excluding hydrogens is 753 g/mol. The highest BCUT2D eigenvalue weighted by Gasteiger charge is 2.26. The number of likely N-dealkylation sites (N-methyl/N-ethyl adjacent to an activating group) is 2. The van der Waals surface area contributed by atoms with Crippen LogP contribution in [-0.2, 0) is 16.0 Å². The van der Waals surface area contributed by atoms with E-state index >= 15 is 0 Å². The predicted octanol–water partition coefficient (Wildman–Crippen LogP) is 5.30.